The summed E-state index contributed by atoms with van der Waals surface area (Å²) in [6.07, 6.45) is 0. The van der Waals surface area contributed by atoms with Gasteiger partial charge in [0.25, 0.3) is 5.91 Å². The molecular weight excluding hydrogens is 240 g/mol. The SMILES string of the molecule is Nc1ccc(OCC(=O)Nc2nncs2)cc1. The third-order valence-corrected chi connectivity index (χ3v) is 2.46. The van der Waals surface area contributed by atoms with Crippen LogP contribution in [0.2, 0.25) is 0 Å². The smallest absolute Gasteiger partial charge is 0.264 e. The van der Waals surface area contributed by atoms with Gasteiger partial charge in [-0.3, -0.25) is 10.1 Å². The van der Waals surface area contributed by atoms with E-state index in [1.54, 1.807) is 24.3 Å². The van der Waals surface area contributed by atoms with Gasteiger partial charge in [0.1, 0.15) is 11.3 Å². The number of nitrogens with two attached hydrogens (primary N) is 1. The molecule has 0 bridgehead atoms. The predicted octanol–water partition coefficient (Wildman–Crippen LogP) is 1.14. The highest BCUT2D eigenvalue weighted by molar-refractivity contribution is 7.13. The van der Waals surface area contributed by atoms with Gasteiger partial charge in [0.2, 0.25) is 5.13 Å². The number of hydrogen-bond donors (Lipinski definition) is 2. The van der Waals surface area contributed by atoms with E-state index in [0.29, 0.717) is 16.6 Å². The molecule has 88 valence electrons. The lowest BCUT2D eigenvalue weighted by Crippen LogP contribution is -2.20. The molecule has 1 aromatic carbocycles. The summed E-state index contributed by atoms with van der Waals surface area (Å²) >= 11 is 1.25. The van der Waals surface area contributed by atoms with Gasteiger partial charge in [-0.25, -0.2) is 0 Å². The minimum absolute atomic E-state index is 0.0799. The number of rotatable bonds is 4. The Hall–Kier alpha value is -2.15. The number of carbonyl (C=O) groups excluding carboxylic acids is 1. The van der Waals surface area contributed by atoms with Crippen molar-refractivity contribution in [1.82, 2.24) is 10.2 Å². The molecule has 0 saturated heterocycles. The van der Waals surface area contributed by atoms with E-state index in [9.17, 15) is 4.79 Å². The van der Waals surface area contributed by atoms with Crippen molar-refractivity contribution in [2.24, 2.45) is 0 Å². The largest absolute Gasteiger partial charge is 0.484 e. The number of carbonyl (C=O) groups is 1. The van der Waals surface area contributed by atoms with E-state index in [-0.39, 0.29) is 12.5 Å². The molecule has 0 aliphatic heterocycles. The predicted molar refractivity (Wildman–Crippen MR) is 64.9 cm³/mol. The standard InChI is InChI=1S/C10H10N4O2S/c11-7-1-3-8(4-2-7)16-5-9(15)13-10-14-12-6-17-10/h1-4,6H,5,11H2,(H,13,14,15). The second-order valence-electron chi connectivity index (χ2n) is 3.15. The maximum atomic E-state index is 11.4. The summed E-state index contributed by atoms with van der Waals surface area (Å²) in [7, 11) is 0. The molecule has 1 heterocycles. The second-order valence-corrected chi connectivity index (χ2v) is 3.98. The fourth-order valence-corrected chi connectivity index (χ4v) is 1.56. The van der Waals surface area contributed by atoms with Crippen LogP contribution < -0.4 is 15.8 Å². The Morgan fingerprint density at radius 1 is 1.41 bits per heavy atom. The summed E-state index contributed by atoms with van der Waals surface area (Å²) in [6, 6.07) is 6.82. The first kappa shape index (κ1) is 11.3. The Bertz CT molecular complexity index is 484. The molecule has 2 rings (SSSR count). The summed E-state index contributed by atoms with van der Waals surface area (Å²) in [5.74, 6) is 0.310. The molecule has 0 unspecified atom stereocenters. The normalized spacial score (nSPS) is 9.88. The van der Waals surface area contributed by atoms with Gasteiger partial charge >= 0.3 is 0 Å². The minimum atomic E-state index is -0.279. The quantitative estimate of drug-likeness (QED) is 0.794. The average molecular weight is 250 g/mol. The Balaban J connectivity index is 1.82. The number of amides is 1. The second kappa shape index (κ2) is 5.26. The van der Waals surface area contributed by atoms with Crippen LogP contribution in [0.4, 0.5) is 10.8 Å². The van der Waals surface area contributed by atoms with Crippen molar-refractivity contribution in [3.05, 3.63) is 29.8 Å². The number of nitrogen functional groups attached to an aromatic ring is 1. The zero-order valence-electron chi connectivity index (χ0n) is 8.79. The number of hydrogen-bond acceptors (Lipinski definition) is 6. The lowest BCUT2D eigenvalue weighted by atomic mass is 10.3. The van der Waals surface area contributed by atoms with Gasteiger partial charge in [-0.15, -0.1) is 10.2 Å². The lowest BCUT2D eigenvalue weighted by Gasteiger charge is -2.05. The lowest BCUT2D eigenvalue weighted by molar-refractivity contribution is -0.118. The highest BCUT2D eigenvalue weighted by Crippen LogP contribution is 2.13. The van der Waals surface area contributed by atoms with Crippen LogP contribution >= 0.6 is 11.3 Å². The third kappa shape index (κ3) is 3.42. The van der Waals surface area contributed by atoms with Crippen LogP contribution in [0.3, 0.4) is 0 Å². The van der Waals surface area contributed by atoms with Gasteiger partial charge in [-0.1, -0.05) is 11.3 Å². The fourth-order valence-electron chi connectivity index (χ4n) is 1.10. The molecule has 0 radical (unpaired) electrons. The van der Waals surface area contributed by atoms with Gasteiger partial charge in [-0.2, -0.15) is 0 Å². The number of anilines is 2. The highest BCUT2D eigenvalue weighted by Gasteiger charge is 2.05. The van der Waals surface area contributed by atoms with Crippen molar-refractivity contribution < 1.29 is 9.53 Å². The first-order valence-corrected chi connectivity index (χ1v) is 5.66. The van der Waals surface area contributed by atoms with Crippen molar-refractivity contribution in [2.75, 3.05) is 17.7 Å². The van der Waals surface area contributed by atoms with E-state index < -0.39 is 0 Å². The molecule has 0 aliphatic rings. The van der Waals surface area contributed by atoms with Gasteiger partial charge < -0.3 is 10.5 Å². The highest BCUT2D eigenvalue weighted by atomic mass is 32.1. The van der Waals surface area contributed by atoms with Crippen LogP contribution in [-0.4, -0.2) is 22.7 Å². The fraction of sp³-hybridized carbons (Fsp3) is 0.100. The molecule has 1 amide bonds. The third-order valence-electron chi connectivity index (χ3n) is 1.86. The molecular formula is C10H10N4O2S. The van der Waals surface area contributed by atoms with Crippen LogP contribution in [0, 0.1) is 0 Å². The number of nitrogens with zero attached hydrogens (tertiary/aromatic N) is 2. The summed E-state index contributed by atoms with van der Waals surface area (Å²) in [6.45, 7) is -0.0799. The Kier molecular flexibility index (Phi) is 3.51. The Labute approximate surface area is 101 Å². The monoisotopic (exact) mass is 250 g/mol. The van der Waals surface area contributed by atoms with Crippen LogP contribution in [0.1, 0.15) is 0 Å². The topological polar surface area (TPSA) is 90.1 Å². The van der Waals surface area contributed by atoms with Crippen LogP contribution in [0.25, 0.3) is 0 Å². The van der Waals surface area contributed by atoms with Gasteiger partial charge in [0.15, 0.2) is 6.61 Å². The van der Waals surface area contributed by atoms with Crippen LogP contribution in [0.5, 0.6) is 5.75 Å². The zero-order chi connectivity index (χ0) is 12.1. The molecule has 6 nitrogen and oxygen atoms in total. The maximum absolute atomic E-state index is 11.4. The van der Waals surface area contributed by atoms with E-state index in [1.807, 2.05) is 0 Å². The number of ether oxygens (including phenoxy) is 1. The molecule has 7 heteroatoms. The van der Waals surface area contributed by atoms with Gasteiger partial charge in [0.05, 0.1) is 0 Å². The molecule has 0 saturated carbocycles. The first-order chi connectivity index (χ1) is 8.24. The van der Waals surface area contributed by atoms with Gasteiger partial charge in [0, 0.05) is 5.69 Å². The van der Waals surface area contributed by atoms with Crippen molar-refractivity contribution in [1.29, 1.82) is 0 Å². The summed E-state index contributed by atoms with van der Waals surface area (Å²) in [5.41, 5.74) is 7.71. The van der Waals surface area contributed by atoms with E-state index in [2.05, 4.69) is 15.5 Å². The first-order valence-electron chi connectivity index (χ1n) is 4.78. The Morgan fingerprint density at radius 2 is 2.18 bits per heavy atom. The zero-order valence-corrected chi connectivity index (χ0v) is 9.61. The van der Waals surface area contributed by atoms with Crippen LogP contribution in [-0.2, 0) is 4.79 Å². The van der Waals surface area contributed by atoms with Crippen molar-refractivity contribution in [2.45, 2.75) is 0 Å². The number of nitrogens with one attached hydrogen (secondary N) is 1. The molecule has 17 heavy (non-hydrogen) atoms. The number of aromatic nitrogens is 2. The van der Waals surface area contributed by atoms with E-state index in [4.69, 9.17) is 10.5 Å². The van der Waals surface area contributed by atoms with Crippen molar-refractivity contribution in [3.8, 4) is 5.75 Å². The molecule has 1 aromatic heterocycles. The molecule has 0 fully saturated rings. The number of benzene rings is 1. The molecule has 3 N–H and O–H groups in total. The van der Waals surface area contributed by atoms with Crippen molar-refractivity contribution in [3.63, 3.8) is 0 Å². The van der Waals surface area contributed by atoms with E-state index >= 15 is 0 Å². The molecule has 0 spiro atoms. The van der Waals surface area contributed by atoms with Crippen molar-refractivity contribution >= 4 is 28.1 Å². The van der Waals surface area contributed by atoms with E-state index in [0.717, 1.165) is 0 Å². The summed E-state index contributed by atoms with van der Waals surface area (Å²) in [4.78, 5) is 11.4. The molecule has 0 atom stereocenters. The van der Waals surface area contributed by atoms with Gasteiger partial charge in [-0.05, 0) is 24.3 Å². The summed E-state index contributed by atoms with van der Waals surface area (Å²) < 4.78 is 5.26. The van der Waals surface area contributed by atoms with Crippen LogP contribution in [0.15, 0.2) is 29.8 Å². The Morgan fingerprint density at radius 3 is 2.82 bits per heavy atom. The minimum Gasteiger partial charge on any atom is -0.484 e. The summed E-state index contributed by atoms with van der Waals surface area (Å²) in [5, 5.41) is 10.3. The maximum Gasteiger partial charge on any atom is 0.264 e. The average Bonchev–Trinajstić information content (AvgIpc) is 2.81. The molecule has 2 aromatic rings. The molecule has 0 aliphatic carbocycles. The van der Waals surface area contributed by atoms with E-state index in [1.165, 1.54) is 16.8 Å².